The van der Waals surface area contributed by atoms with Crippen molar-refractivity contribution in [1.29, 1.82) is 0 Å². The summed E-state index contributed by atoms with van der Waals surface area (Å²) >= 11 is 0. The van der Waals surface area contributed by atoms with Crippen LogP contribution in [0.5, 0.6) is 0 Å². The van der Waals surface area contributed by atoms with Crippen molar-refractivity contribution < 1.29 is 28.3 Å². The molecule has 2 rings (SSSR count). The van der Waals surface area contributed by atoms with E-state index in [0.717, 1.165) is 11.1 Å². The van der Waals surface area contributed by atoms with Crippen molar-refractivity contribution in [3.05, 3.63) is 65.2 Å². The van der Waals surface area contributed by atoms with E-state index in [4.69, 9.17) is 9.47 Å². The zero-order valence-electron chi connectivity index (χ0n) is 18.8. The van der Waals surface area contributed by atoms with Crippen LogP contribution in [-0.4, -0.2) is 56.1 Å². The second kappa shape index (κ2) is 10.7. The molecule has 1 amide bonds. The van der Waals surface area contributed by atoms with Crippen LogP contribution in [0, 0.1) is 6.92 Å². The van der Waals surface area contributed by atoms with E-state index >= 15 is 0 Å². The average Bonchev–Trinajstić information content (AvgIpc) is 2.73. The highest BCUT2D eigenvalue weighted by atomic mass is 16.5. The molecule has 2 aromatic rings. The summed E-state index contributed by atoms with van der Waals surface area (Å²) in [6, 6.07) is 14.1. The van der Waals surface area contributed by atoms with Crippen LogP contribution in [0.15, 0.2) is 48.5 Å². The maximum absolute atomic E-state index is 13.1. The van der Waals surface area contributed by atoms with Crippen LogP contribution in [0.4, 0.5) is 5.69 Å². The minimum atomic E-state index is -0.523. The summed E-state index contributed by atoms with van der Waals surface area (Å²) in [6.45, 7) is 3.92. The van der Waals surface area contributed by atoms with Gasteiger partial charge in [-0.3, -0.25) is 4.79 Å². The van der Waals surface area contributed by atoms with Crippen LogP contribution in [0.25, 0.3) is 0 Å². The number of hydrogen-bond donors (Lipinski definition) is 1. The predicted octanol–water partition coefficient (Wildman–Crippen LogP) is 3.32. The van der Waals surface area contributed by atoms with Crippen molar-refractivity contribution in [2.45, 2.75) is 32.9 Å². The monoisotopic (exact) mass is 427 g/mol. The normalized spacial score (nSPS) is 12.0. The summed E-state index contributed by atoms with van der Waals surface area (Å²) in [4.78, 5) is 37.7. The number of ether oxygens (including phenoxy) is 2. The van der Waals surface area contributed by atoms with E-state index in [9.17, 15) is 14.4 Å². The van der Waals surface area contributed by atoms with Gasteiger partial charge in [0.1, 0.15) is 6.61 Å². The molecule has 0 bridgehead atoms. The molecule has 0 aromatic heterocycles. The number of hydrogen-bond acceptors (Lipinski definition) is 5. The Hall–Kier alpha value is -3.19. The fourth-order valence-corrected chi connectivity index (χ4v) is 3.54. The van der Waals surface area contributed by atoms with Gasteiger partial charge in [-0.05, 0) is 24.1 Å². The zero-order chi connectivity index (χ0) is 23.0. The van der Waals surface area contributed by atoms with Gasteiger partial charge in [0.05, 0.1) is 32.5 Å². The molecule has 0 aliphatic carbocycles. The number of quaternary nitrogens is 1. The molecule has 0 aliphatic heterocycles. The molecular weight excluding hydrogens is 396 g/mol. The molecule has 1 N–H and O–H groups in total. The maximum atomic E-state index is 13.1. The number of likely N-dealkylation sites (N-methyl/N-ethyl adjacent to an activating group) is 1. The molecule has 0 aliphatic rings. The number of nitrogens with one attached hydrogen (secondary N) is 1. The lowest BCUT2D eigenvalue weighted by atomic mass is 10.1. The van der Waals surface area contributed by atoms with Gasteiger partial charge in [-0.1, -0.05) is 49.4 Å². The summed E-state index contributed by atoms with van der Waals surface area (Å²) in [5, 5.41) is 2.87. The molecule has 0 heterocycles. The van der Waals surface area contributed by atoms with Crippen molar-refractivity contribution in [1.82, 2.24) is 0 Å². The number of benzene rings is 2. The summed E-state index contributed by atoms with van der Waals surface area (Å²) < 4.78 is 10.3. The van der Waals surface area contributed by atoms with E-state index in [2.05, 4.69) is 5.32 Å². The third kappa shape index (κ3) is 6.39. The van der Waals surface area contributed by atoms with Crippen molar-refractivity contribution in [3.8, 4) is 0 Å². The number of esters is 2. The summed E-state index contributed by atoms with van der Waals surface area (Å²) in [5.41, 5.74) is 2.36. The molecule has 2 aromatic carbocycles. The Morgan fingerprint density at radius 1 is 1.03 bits per heavy atom. The fourth-order valence-electron chi connectivity index (χ4n) is 3.54. The first-order valence-corrected chi connectivity index (χ1v) is 10.2. The molecule has 0 fully saturated rings. The number of carbonyl (C=O) groups is 3. The van der Waals surface area contributed by atoms with E-state index in [1.54, 1.807) is 12.1 Å². The standard InChI is InChI=1S/C24H30N2O5/c1-6-20(23(28)25-22-17(2)11-10-14-19(22)24(29)30-5)26(3,4)15-21(27)31-16-18-12-8-7-9-13-18/h7-14,20H,6,15-16H2,1-5H3/p+1. The summed E-state index contributed by atoms with van der Waals surface area (Å²) in [7, 11) is 4.93. The van der Waals surface area contributed by atoms with Gasteiger partial charge in [0, 0.05) is 6.42 Å². The smallest absolute Gasteiger partial charge is 0.362 e. The largest absolute Gasteiger partial charge is 0.465 e. The number of para-hydroxylation sites is 1. The molecule has 0 spiro atoms. The number of rotatable bonds is 9. The van der Waals surface area contributed by atoms with E-state index in [-0.39, 0.29) is 29.5 Å². The number of aryl methyl sites for hydroxylation is 1. The quantitative estimate of drug-likeness (QED) is 0.490. The summed E-state index contributed by atoms with van der Waals surface area (Å²) in [6.07, 6.45) is 0.504. The predicted molar refractivity (Wildman–Crippen MR) is 118 cm³/mol. The minimum Gasteiger partial charge on any atom is -0.465 e. The molecule has 166 valence electrons. The van der Waals surface area contributed by atoms with Gasteiger partial charge < -0.3 is 19.3 Å². The second-order valence-electron chi connectivity index (χ2n) is 7.99. The van der Waals surface area contributed by atoms with E-state index < -0.39 is 12.0 Å². The second-order valence-corrected chi connectivity index (χ2v) is 7.99. The number of methoxy groups -OCH3 is 1. The van der Waals surface area contributed by atoms with Gasteiger partial charge in [-0.25, -0.2) is 9.59 Å². The Balaban J connectivity index is 2.10. The molecule has 0 radical (unpaired) electrons. The Morgan fingerprint density at radius 2 is 1.71 bits per heavy atom. The third-order valence-electron chi connectivity index (χ3n) is 5.24. The zero-order valence-corrected chi connectivity index (χ0v) is 18.8. The van der Waals surface area contributed by atoms with Crippen molar-refractivity contribution in [2.24, 2.45) is 0 Å². The van der Waals surface area contributed by atoms with Crippen LogP contribution in [0.1, 0.15) is 34.8 Å². The highest BCUT2D eigenvalue weighted by molar-refractivity contribution is 6.03. The Labute approximate surface area is 183 Å². The molecule has 0 saturated carbocycles. The van der Waals surface area contributed by atoms with E-state index in [1.807, 2.05) is 64.3 Å². The lowest BCUT2D eigenvalue weighted by Gasteiger charge is -2.35. The third-order valence-corrected chi connectivity index (χ3v) is 5.24. The van der Waals surface area contributed by atoms with Crippen LogP contribution in [-0.2, 0) is 25.7 Å². The van der Waals surface area contributed by atoms with E-state index in [0.29, 0.717) is 17.7 Å². The van der Waals surface area contributed by atoms with Crippen molar-refractivity contribution >= 4 is 23.5 Å². The fraction of sp³-hybridized carbons (Fsp3) is 0.375. The first-order chi connectivity index (χ1) is 14.7. The highest BCUT2D eigenvalue weighted by Gasteiger charge is 2.36. The Kier molecular flexibility index (Phi) is 8.33. The average molecular weight is 428 g/mol. The van der Waals surface area contributed by atoms with Gasteiger partial charge in [-0.2, -0.15) is 0 Å². The molecule has 7 nitrogen and oxygen atoms in total. The first-order valence-electron chi connectivity index (χ1n) is 10.2. The number of anilines is 1. The first kappa shape index (κ1) is 24.1. The molecule has 31 heavy (non-hydrogen) atoms. The SMILES string of the molecule is CCC(C(=O)Nc1c(C)cccc1C(=O)OC)[N+](C)(C)CC(=O)OCc1ccccc1. The van der Waals surface area contributed by atoms with Gasteiger partial charge >= 0.3 is 11.9 Å². The number of carbonyl (C=O) groups excluding carboxylic acids is 3. The number of amides is 1. The van der Waals surface area contributed by atoms with Gasteiger partial charge in [0.15, 0.2) is 12.6 Å². The van der Waals surface area contributed by atoms with Crippen molar-refractivity contribution in [3.63, 3.8) is 0 Å². The van der Waals surface area contributed by atoms with Gasteiger partial charge in [0.2, 0.25) is 0 Å². The van der Waals surface area contributed by atoms with Crippen LogP contribution in [0.3, 0.4) is 0 Å². The summed E-state index contributed by atoms with van der Waals surface area (Å²) in [5.74, 6) is -1.18. The van der Waals surface area contributed by atoms with E-state index in [1.165, 1.54) is 7.11 Å². The Morgan fingerprint density at radius 3 is 2.32 bits per heavy atom. The Bertz CT molecular complexity index is 925. The van der Waals surface area contributed by atoms with Gasteiger partial charge in [0.25, 0.3) is 5.91 Å². The molecule has 1 atom stereocenters. The lowest BCUT2D eigenvalue weighted by Crippen LogP contribution is -2.56. The van der Waals surface area contributed by atoms with Crippen molar-refractivity contribution in [2.75, 3.05) is 33.1 Å². The molecule has 1 unspecified atom stereocenters. The molecule has 7 heteroatoms. The van der Waals surface area contributed by atoms with Crippen LogP contribution < -0.4 is 5.32 Å². The highest BCUT2D eigenvalue weighted by Crippen LogP contribution is 2.23. The van der Waals surface area contributed by atoms with Crippen LogP contribution >= 0.6 is 0 Å². The molecular formula is C24H31N2O5+. The van der Waals surface area contributed by atoms with Crippen LogP contribution in [0.2, 0.25) is 0 Å². The lowest BCUT2D eigenvalue weighted by molar-refractivity contribution is -0.898. The topological polar surface area (TPSA) is 81.7 Å². The maximum Gasteiger partial charge on any atom is 0.362 e. The van der Waals surface area contributed by atoms with Gasteiger partial charge in [-0.15, -0.1) is 0 Å². The molecule has 0 saturated heterocycles. The number of nitrogens with zero attached hydrogens (tertiary/aromatic N) is 1. The minimum absolute atomic E-state index is 0.0381.